The van der Waals surface area contributed by atoms with Gasteiger partial charge in [-0.3, -0.25) is 9.36 Å². The fourth-order valence-electron chi connectivity index (χ4n) is 0.842. The lowest BCUT2D eigenvalue weighted by Gasteiger charge is -1.95. The third-order valence-corrected chi connectivity index (χ3v) is 1.48. The molecule has 0 amide bonds. The van der Waals surface area contributed by atoms with E-state index in [9.17, 15) is 4.79 Å². The number of aromatic nitrogens is 1. The minimum absolute atomic E-state index is 0.00806. The molecule has 64 valence electrons. The second kappa shape index (κ2) is 3.90. The average molecular weight is 163 g/mol. The van der Waals surface area contributed by atoms with Gasteiger partial charge in [-0.05, 0) is 18.1 Å². The van der Waals surface area contributed by atoms with Crippen LogP contribution in [0.4, 0.5) is 0 Å². The van der Waals surface area contributed by atoms with E-state index >= 15 is 0 Å². The first-order valence-corrected chi connectivity index (χ1v) is 4.05. The van der Waals surface area contributed by atoms with Gasteiger partial charge in [0.15, 0.2) is 0 Å². The van der Waals surface area contributed by atoms with Gasteiger partial charge in [0.1, 0.15) is 0 Å². The number of hydrogen-bond donors (Lipinski definition) is 0. The Balaban J connectivity index is 2.62. The molecule has 0 aliphatic carbocycles. The van der Waals surface area contributed by atoms with E-state index in [2.05, 4.69) is 0 Å². The number of allylic oxidation sites excluding steroid dienone is 2. The summed E-state index contributed by atoms with van der Waals surface area (Å²) in [6.45, 7) is 4.08. The summed E-state index contributed by atoms with van der Waals surface area (Å²) in [5, 5.41) is 0. The molecule has 0 N–H and O–H groups in total. The quantitative estimate of drug-likeness (QED) is 0.613. The van der Waals surface area contributed by atoms with E-state index in [0.717, 1.165) is 0 Å². The third kappa shape index (κ3) is 2.38. The highest BCUT2D eigenvalue weighted by atomic mass is 16.1. The molecule has 0 saturated heterocycles. The Kier molecular flexibility index (Phi) is 2.86. The molecular formula is C10H13NO. The van der Waals surface area contributed by atoms with Crippen LogP contribution >= 0.6 is 0 Å². The molecule has 0 unspecified atom stereocenters. The van der Waals surface area contributed by atoms with Crippen molar-refractivity contribution in [1.82, 2.24) is 4.57 Å². The second-order valence-corrected chi connectivity index (χ2v) is 3.03. The highest BCUT2D eigenvalue weighted by molar-refractivity contribution is 5.89. The molecule has 1 aromatic heterocycles. The Morgan fingerprint density at radius 1 is 1.33 bits per heavy atom. The zero-order chi connectivity index (χ0) is 8.97. The molecule has 2 heteroatoms. The largest absolute Gasteiger partial charge is 0.291 e. The topological polar surface area (TPSA) is 22.0 Å². The van der Waals surface area contributed by atoms with E-state index < -0.39 is 0 Å². The van der Waals surface area contributed by atoms with Crippen LogP contribution in [-0.4, -0.2) is 10.5 Å². The number of rotatable bonds is 2. The lowest BCUT2D eigenvalue weighted by Crippen LogP contribution is -2.03. The maximum absolute atomic E-state index is 11.3. The molecule has 0 aliphatic rings. The molecule has 0 radical (unpaired) electrons. The van der Waals surface area contributed by atoms with Gasteiger partial charge in [0.05, 0.1) is 0 Å². The molecule has 0 atom stereocenters. The summed E-state index contributed by atoms with van der Waals surface area (Å²) in [6, 6.07) is 3.67. The van der Waals surface area contributed by atoms with Gasteiger partial charge in [-0.1, -0.05) is 19.9 Å². The van der Waals surface area contributed by atoms with Gasteiger partial charge in [-0.25, -0.2) is 0 Å². The molecule has 1 heterocycles. The predicted molar refractivity (Wildman–Crippen MR) is 49.0 cm³/mol. The standard InChI is InChI=1S/C10H13NO/c1-9(2)5-6-10(12)11-7-3-4-8-11/h3-9H,1-2H3/b6-5+. The minimum Gasteiger partial charge on any atom is -0.291 e. The van der Waals surface area contributed by atoms with Crippen molar-refractivity contribution in [3.05, 3.63) is 36.7 Å². The van der Waals surface area contributed by atoms with Crippen molar-refractivity contribution >= 4 is 5.91 Å². The summed E-state index contributed by atoms with van der Waals surface area (Å²) in [4.78, 5) is 11.3. The Morgan fingerprint density at radius 3 is 2.42 bits per heavy atom. The van der Waals surface area contributed by atoms with Crippen molar-refractivity contribution in [2.75, 3.05) is 0 Å². The van der Waals surface area contributed by atoms with E-state index in [-0.39, 0.29) is 5.91 Å². The molecule has 12 heavy (non-hydrogen) atoms. The summed E-state index contributed by atoms with van der Waals surface area (Å²) in [6.07, 6.45) is 6.98. The smallest absolute Gasteiger partial charge is 0.254 e. The number of carbonyl (C=O) groups excluding carboxylic acids is 1. The van der Waals surface area contributed by atoms with Crippen molar-refractivity contribution in [1.29, 1.82) is 0 Å². The van der Waals surface area contributed by atoms with Crippen LogP contribution in [0.2, 0.25) is 0 Å². The van der Waals surface area contributed by atoms with Crippen molar-refractivity contribution < 1.29 is 4.79 Å². The van der Waals surface area contributed by atoms with Crippen LogP contribution in [0.25, 0.3) is 0 Å². The van der Waals surface area contributed by atoms with Gasteiger partial charge in [-0.2, -0.15) is 0 Å². The van der Waals surface area contributed by atoms with E-state index in [4.69, 9.17) is 0 Å². The maximum atomic E-state index is 11.3. The molecule has 1 aromatic rings. The van der Waals surface area contributed by atoms with Crippen molar-refractivity contribution in [2.45, 2.75) is 13.8 Å². The zero-order valence-electron chi connectivity index (χ0n) is 7.40. The third-order valence-electron chi connectivity index (χ3n) is 1.48. The minimum atomic E-state index is 0.00806. The van der Waals surface area contributed by atoms with Crippen molar-refractivity contribution in [3.63, 3.8) is 0 Å². The van der Waals surface area contributed by atoms with Crippen LogP contribution in [0.15, 0.2) is 36.7 Å². The molecule has 0 aliphatic heterocycles. The molecule has 0 bridgehead atoms. The van der Waals surface area contributed by atoms with Crippen LogP contribution in [0.1, 0.15) is 18.6 Å². The number of carbonyl (C=O) groups is 1. The summed E-state index contributed by atoms with van der Waals surface area (Å²) in [5.41, 5.74) is 0. The van der Waals surface area contributed by atoms with Crippen molar-refractivity contribution in [3.8, 4) is 0 Å². The number of nitrogens with zero attached hydrogens (tertiary/aromatic N) is 1. The Hall–Kier alpha value is -1.31. The van der Waals surface area contributed by atoms with Gasteiger partial charge >= 0.3 is 0 Å². The van der Waals surface area contributed by atoms with Gasteiger partial charge in [0, 0.05) is 18.5 Å². The van der Waals surface area contributed by atoms with Gasteiger partial charge < -0.3 is 0 Å². The predicted octanol–water partition coefficient (Wildman–Crippen LogP) is 2.34. The normalized spacial score (nSPS) is 11.2. The van der Waals surface area contributed by atoms with E-state index in [1.165, 1.54) is 0 Å². The first-order chi connectivity index (χ1) is 5.70. The molecule has 0 spiro atoms. The lowest BCUT2D eigenvalue weighted by atomic mass is 10.2. The fourth-order valence-corrected chi connectivity index (χ4v) is 0.842. The Morgan fingerprint density at radius 2 is 1.92 bits per heavy atom. The Bertz CT molecular complexity index is 270. The summed E-state index contributed by atoms with van der Waals surface area (Å²) in [5.74, 6) is 0.429. The van der Waals surface area contributed by atoms with Gasteiger partial charge in [0.2, 0.25) is 0 Å². The number of hydrogen-bond acceptors (Lipinski definition) is 1. The van der Waals surface area contributed by atoms with E-state index in [1.54, 1.807) is 23.0 Å². The average Bonchev–Trinajstić information content (AvgIpc) is 2.51. The first kappa shape index (κ1) is 8.78. The summed E-state index contributed by atoms with van der Waals surface area (Å²) >= 11 is 0. The highest BCUT2D eigenvalue weighted by Crippen LogP contribution is 1.96. The molecule has 0 aromatic carbocycles. The Labute approximate surface area is 72.5 Å². The highest BCUT2D eigenvalue weighted by Gasteiger charge is 1.96. The van der Waals surface area contributed by atoms with E-state index in [0.29, 0.717) is 5.92 Å². The van der Waals surface area contributed by atoms with Crippen LogP contribution < -0.4 is 0 Å². The molecule has 0 fully saturated rings. The lowest BCUT2D eigenvalue weighted by molar-refractivity contribution is 0.0968. The van der Waals surface area contributed by atoms with Gasteiger partial charge in [0.25, 0.3) is 5.91 Å². The van der Waals surface area contributed by atoms with E-state index in [1.807, 2.05) is 32.1 Å². The van der Waals surface area contributed by atoms with Crippen molar-refractivity contribution in [2.24, 2.45) is 5.92 Å². The van der Waals surface area contributed by atoms with Crippen LogP contribution in [0, 0.1) is 5.92 Å². The summed E-state index contributed by atoms with van der Waals surface area (Å²) < 4.78 is 1.55. The fraction of sp³-hybridized carbons (Fsp3) is 0.300. The molecule has 2 nitrogen and oxygen atoms in total. The molecular weight excluding hydrogens is 150 g/mol. The molecule has 0 saturated carbocycles. The van der Waals surface area contributed by atoms with Crippen LogP contribution in [0.3, 0.4) is 0 Å². The zero-order valence-corrected chi connectivity index (χ0v) is 7.40. The SMILES string of the molecule is CC(C)/C=C/C(=O)n1cccc1. The first-order valence-electron chi connectivity index (χ1n) is 4.05. The van der Waals surface area contributed by atoms with Crippen LogP contribution in [0.5, 0.6) is 0 Å². The molecule has 1 rings (SSSR count). The van der Waals surface area contributed by atoms with Gasteiger partial charge in [-0.15, -0.1) is 0 Å². The monoisotopic (exact) mass is 163 g/mol. The van der Waals surface area contributed by atoms with Crippen LogP contribution in [-0.2, 0) is 0 Å². The summed E-state index contributed by atoms with van der Waals surface area (Å²) in [7, 11) is 0. The second-order valence-electron chi connectivity index (χ2n) is 3.03. The maximum Gasteiger partial charge on any atom is 0.254 e.